The third-order valence-electron chi connectivity index (χ3n) is 3.65. The predicted molar refractivity (Wildman–Crippen MR) is 94.3 cm³/mol. The first-order chi connectivity index (χ1) is 10.6. The zero-order chi connectivity index (χ0) is 15.5. The molecule has 22 heavy (non-hydrogen) atoms. The molecule has 0 fully saturated rings. The Morgan fingerprint density at radius 3 is 2.41 bits per heavy atom. The number of hydrogen-bond donors (Lipinski definition) is 1. The second kappa shape index (κ2) is 5.90. The van der Waals surface area contributed by atoms with E-state index in [9.17, 15) is 4.79 Å². The first kappa shape index (κ1) is 14.1. The van der Waals surface area contributed by atoms with Crippen molar-refractivity contribution < 1.29 is 0 Å². The van der Waals surface area contributed by atoms with Crippen LogP contribution in [0.1, 0.15) is 11.1 Å². The van der Waals surface area contributed by atoms with Gasteiger partial charge in [-0.3, -0.25) is 4.79 Å². The highest BCUT2D eigenvalue weighted by atomic mass is 16.1. The molecule has 0 amide bonds. The highest BCUT2D eigenvalue weighted by molar-refractivity contribution is 5.90. The molecular weight excluding hydrogens is 272 g/mol. The van der Waals surface area contributed by atoms with Gasteiger partial charge in [0.2, 0.25) is 5.56 Å². The minimum Gasteiger partial charge on any atom is -0.378 e. The number of benzene rings is 2. The monoisotopic (exact) mass is 290 g/mol. The Labute approximate surface area is 129 Å². The Kier molecular flexibility index (Phi) is 3.79. The Morgan fingerprint density at radius 2 is 1.68 bits per heavy atom. The lowest BCUT2D eigenvalue weighted by molar-refractivity contribution is 1.13. The Hall–Kier alpha value is -2.81. The zero-order valence-corrected chi connectivity index (χ0v) is 12.7. The van der Waals surface area contributed by atoms with Crippen LogP contribution in [0.25, 0.3) is 23.1 Å². The number of H-pyrrole nitrogens is 1. The molecule has 1 aromatic heterocycles. The number of nitrogens with one attached hydrogen (secondary N) is 1. The number of fused-ring (bicyclic) bond motifs is 1. The molecule has 0 atom stereocenters. The van der Waals surface area contributed by atoms with E-state index in [1.54, 1.807) is 6.07 Å². The molecule has 0 unspecified atom stereocenters. The summed E-state index contributed by atoms with van der Waals surface area (Å²) in [6.45, 7) is 0. The quantitative estimate of drug-likeness (QED) is 0.797. The van der Waals surface area contributed by atoms with Gasteiger partial charge in [-0.25, -0.2) is 0 Å². The molecule has 0 saturated heterocycles. The molecule has 0 radical (unpaired) electrons. The summed E-state index contributed by atoms with van der Waals surface area (Å²) < 4.78 is 0. The minimum absolute atomic E-state index is 0.0821. The average molecular weight is 290 g/mol. The Bertz CT molecular complexity index is 874. The van der Waals surface area contributed by atoms with Crippen LogP contribution in [0.3, 0.4) is 0 Å². The fraction of sp³-hybridized carbons (Fsp3) is 0.105. The highest BCUT2D eigenvalue weighted by Gasteiger charge is 2.00. The Morgan fingerprint density at radius 1 is 0.955 bits per heavy atom. The topological polar surface area (TPSA) is 36.1 Å². The van der Waals surface area contributed by atoms with Crippen LogP contribution in [0.2, 0.25) is 0 Å². The van der Waals surface area contributed by atoms with Gasteiger partial charge in [-0.05, 0) is 29.3 Å². The van der Waals surface area contributed by atoms with Crippen molar-refractivity contribution in [3.63, 3.8) is 0 Å². The average Bonchev–Trinajstić information content (AvgIpc) is 2.52. The second-order valence-electron chi connectivity index (χ2n) is 5.45. The van der Waals surface area contributed by atoms with Gasteiger partial charge < -0.3 is 9.88 Å². The molecule has 3 heteroatoms. The Balaban J connectivity index is 1.97. The van der Waals surface area contributed by atoms with Gasteiger partial charge in [-0.1, -0.05) is 42.5 Å². The van der Waals surface area contributed by atoms with Crippen LogP contribution in [0.4, 0.5) is 5.69 Å². The minimum atomic E-state index is -0.0821. The fourth-order valence-electron chi connectivity index (χ4n) is 2.44. The molecule has 0 bridgehead atoms. The lowest BCUT2D eigenvalue weighted by Crippen LogP contribution is -2.07. The van der Waals surface area contributed by atoms with Gasteiger partial charge in [-0.2, -0.15) is 0 Å². The maximum absolute atomic E-state index is 11.7. The van der Waals surface area contributed by atoms with E-state index in [0.717, 1.165) is 22.0 Å². The SMILES string of the molecule is CN(C)c1ccc(/C=C\c2cc(=O)[nH]c3ccccc23)cc1. The number of rotatable bonds is 3. The highest BCUT2D eigenvalue weighted by Crippen LogP contribution is 2.18. The third kappa shape index (κ3) is 2.93. The van der Waals surface area contributed by atoms with Gasteiger partial charge in [0.1, 0.15) is 0 Å². The van der Waals surface area contributed by atoms with E-state index in [2.05, 4.69) is 34.1 Å². The molecule has 2 aromatic carbocycles. The van der Waals surface area contributed by atoms with Gasteiger partial charge in [0.05, 0.1) is 0 Å². The number of hydrogen-bond acceptors (Lipinski definition) is 2. The molecular formula is C19H18N2O. The maximum atomic E-state index is 11.7. The van der Waals surface area contributed by atoms with Crippen molar-refractivity contribution in [3.8, 4) is 0 Å². The van der Waals surface area contributed by atoms with E-state index in [1.807, 2.05) is 50.5 Å². The number of aromatic amines is 1. The molecule has 3 rings (SSSR count). The molecule has 0 aliphatic carbocycles. The number of anilines is 1. The van der Waals surface area contributed by atoms with Gasteiger partial charge in [0.15, 0.2) is 0 Å². The third-order valence-corrected chi connectivity index (χ3v) is 3.65. The molecule has 110 valence electrons. The van der Waals surface area contributed by atoms with E-state index >= 15 is 0 Å². The molecule has 0 spiro atoms. The lowest BCUT2D eigenvalue weighted by atomic mass is 10.1. The van der Waals surface area contributed by atoms with Crippen LogP contribution in [-0.4, -0.2) is 19.1 Å². The van der Waals surface area contributed by atoms with E-state index in [0.29, 0.717) is 0 Å². The first-order valence-corrected chi connectivity index (χ1v) is 7.21. The van der Waals surface area contributed by atoms with E-state index in [1.165, 1.54) is 5.69 Å². The summed E-state index contributed by atoms with van der Waals surface area (Å²) in [5.41, 5.74) is 3.98. The summed E-state index contributed by atoms with van der Waals surface area (Å²) in [5.74, 6) is 0. The number of aromatic nitrogens is 1. The normalized spacial score (nSPS) is 11.2. The van der Waals surface area contributed by atoms with Crippen molar-refractivity contribution in [3.05, 3.63) is 76.1 Å². The molecule has 1 N–H and O–H groups in total. The van der Waals surface area contributed by atoms with Crippen LogP contribution in [0.15, 0.2) is 59.4 Å². The van der Waals surface area contributed by atoms with Crippen LogP contribution in [0, 0.1) is 0 Å². The fourth-order valence-corrected chi connectivity index (χ4v) is 2.44. The molecule has 0 aliphatic heterocycles. The number of para-hydroxylation sites is 1. The lowest BCUT2D eigenvalue weighted by Gasteiger charge is -2.11. The van der Waals surface area contributed by atoms with E-state index in [4.69, 9.17) is 0 Å². The zero-order valence-electron chi connectivity index (χ0n) is 12.7. The van der Waals surface area contributed by atoms with Crippen molar-refractivity contribution in [2.24, 2.45) is 0 Å². The molecule has 3 aromatic rings. The van der Waals surface area contributed by atoms with Crippen molar-refractivity contribution >= 4 is 28.7 Å². The van der Waals surface area contributed by atoms with Crippen LogP contribution >= 0.6 is 0 Å². The van der Waals surface area contributed by atoms with Gasteiger partial charge in [-0.15, -0.1) is 0 Å². The van der Waals surface area contributed by atoms with Crippen molar-refractivity contribution in [2.75, 3.05) is 19.0 Å². The van der Waals surface area contributed by atoms with Crippen LogP contribution in [0.5, 0.6) is 0 Å². The second-order valence-corrected chi connectivity index (χ2v) is 5.45. The summed E-state index contributed by atoms with van der Waals surface area (Å²) in [7, 11) is 4.04. The van der Waals surface area contributed by atoms with Gasteiger partial charge in [0, 0.05) is 36.8 Å². The summed E-state index contributed by atoms with van der Waals surface area (Å²) in [5, 5.41) is 1.04. The summed E-state index contributed by atoms with van der Waals surface area (Å²) in [4.78, 5) is 16.7. The summed E-state index contributed by atoms with van der Waals surface area (Å²) in [6, 6.07) is 17.8. The van der Waals surface area contributed by atoms with Crippen LogP contribution in [-0.2, 0) is 0 Å². The van der Waals surface area contributed by atoms with Gasteiger partial charge >= 0.3 is 0 Å². The number of pyridine rings is 1. The van der Waals surface area contributed by atoms with Crippen molar-refractivity contribution in [2.45, 2.75) is 0 Å². The van der Waals surface area contributed by atoms with Gasteiger partial charge in [0.25, 0.3) is 0 Å². The van der Waals surface area contributed by atoms with Crippen molar-refractivity contribution in [1.82, 2.24) is 4.98 Å². The first-order valence-electron chi connectivity index (χ1n) is 7.21. The van der Waals surface area contributed by atoms with Crippen molar-refractivity contribution in [1.29, 1.82) is 0 Å². The standard InChI is InChI=1S/C19H18N2O/c1-21(2)16-11-8-14(9-12-16)7-10-15-13-19(22)20-18-6-4-3-5-17(15)18/h3-13H,1-2H3,(H,20,22)/b10-7-. The summed E-state index contributed by atoms with van der Waals surface area (Å²) in [6.07, 6.45) is 4.02. The predicted octanol–water partition coefficient (Wildman–Crippen LogP) is 3.76. The van der Waals surface area contributed by atoms with E-state index < -0.39 is 0 Å². The largest absolute Gasteiger partial charge is 0.378 e. The molecule has 0 aliphatic rings. The summed E-state index contributed by atoms with van der Waals surface area (Å²) >= 11 is 0. The molecule has 1 heterocycles. The number of nitrogens with zero attached hydrogens (tertiary/aromatic N) is 1. The maximum Gasteiger partial charge on any atom is 0.249 e. The smallest absolute Gasteiger partial charge is 0.249 e. The molecule has 0 saturated carbocycles. The molecule has 3 nitrogen and oxygen atoms in total. The van der Waals surface area contributed by atoms with E-state index in [-0.39, 0.29) is 5.56 Å². The van der Waals surface area contributed by atoms with Crippen LogP contribution < -0.4 is 10.5 Å².